The van der Waals surface area contributed by atoms with E-state index in [4.69, 9.17) is 5.14 Å². The van der Waals surface area contributed by atoms with E-state index in [2.05, 4.69) is 15.6 Å². The Balaban J connectivity index is 0.00000242. The van der Waals surface area contributed by atoms with Crippen LogP contribution in [0.4, 0.5) is 0 Å². The number of nitrogens with zero attached hydrogens (tertiary/aromatic N) is 1. The van der Waals surface area contributed by atoms with Crippen molar-refractivity contribution >= 4 is 40.0 Å². The molecule has 22 heavy (non-hydrogen) atoms. The Hall–Kier alpha value is -0.870. The minimum atomic E-state index is -3.63. The number of nitrogens with one attached hydrogen (secondary N) is 2. The van der Waals surface area contributed by atoms with Gasteiger partial charge in [-0.05, 0) is 43.4 Å². The summed E-state index contributed by atoms with van der Waals surface area (Å²) in [6.45, 7) is 4.27. The Bertz CT molecular complexity index is 598. The van der Waals surface area contributed by atoms with E-state index in [1.54, 1.807) is 12.1 Å². The number of aliphatic imine (C=N–C) groups is 1. The smallest absolute Gasteiger partial charge is 0.238 e. The highest BCUT2D eigenvalue weighted by atomic mass is 127. The minimum absolute atomic E-state index is 0. The Morgan fingerprint density at radius 1 is 1.27 bits per heavy atom. The average molecular weight is 438 g/mol. The van der Waals surface area contributed by atoms with Crippen molar-refractivity contribution in [3.8, 4) is 0 Å². The van der Waals surface area contributed by atoms with Crippen molar-refractivity contribution in [2.75, 3.05) is 13.1 Å². The van der Waals surface area contributed by atoms with Crippen molar-refractivity contribution in [1.29, 1.82) is 0 Å². The highest BCUT2D eigenvalue weighted by molar-refractivity contribution is 14.0. The van der Waals surface area contributed by atoms with Gasteiger partial charge in [0.15, 0.2) is 5.96 Å². The fraction of sp³-hybridized carbons (Fsp3) is 0.500. The SMILES string of the molecule is CCNC(=NCc1ccc(S(N)(=O)=O)cc1)NCC1CC1.I. The zero-order chi connectivity index (χ0) is 15.3. The lowest BCUT2D eigenvalue weighted by Crippen LogP contribution is -2.38. The van der Waals surface area contributed by atoms with Crippen LogP contribution in [0.1, 0.15) is 25.3 Å². The molecule has 8 heteroatoms. The van der Waals surface area contributed by atoms with E-state index in [1.807, 2.05) is 6.92 Å². The molecule has 1 aliphatic carbocycles. The van der Waals surface area contributed by atoms with Crippen LogP contribution in [0.25, 0.3) is 0 Å². The van der Waals surface area contributed by atoms with E-state index in [0.717, 1.165) is 30.5 Å². The number of rotatable bonds is 6. The number of primary sulfonamides is 1. The number of hydrogen-bond donors (Lipinski definition) is 3. The third kappa shape index (κ3) is 6.49. The van der Waals surface area contributed by atoms with E-state index in [9.17, 15) is 8.42 Å². The molecule has 0 heterocycles. The molecule has 1 aromatic rings. The van der Waals surface area contributed by atoms with Gasteiger partial charge in [-0.25, -0.2) is 18.5 Å². The summed E-state index contributed by atoms with van der Waals surface area (Å²) < 4.78 is 22.4. The molecular weight excluding hydrogens is 415 g/mol. The van der Waals surface area contributed by atoms with Gasteiger partial charge < -0.3 is 10.6 Å². The number of benzene rings is 1. The molecule has 0 amide bonds. The van der Waals surface area contributed by atoms with Crippen molar-refractivity contribution < 1.29 is 8.42 Å². The molecule has 6 nitrogen and oxygen atoms in total. The molecule has 0 saturated heterocycles. The maximum absolute atomic E-state index is 11.2. The van der Waals surface area contributed by atoms with Crippen molar-refractivity contribution in [3.05, 3.63) is 29.8 Å². The summed E-state index contributed by atoms with van der Waals surface area (Å²) >= 11 is 0. The van der Waals surface area contributed by atoms with Crippen LogP contribution in [0.2, 0.25) is 0 Å². The van der Waals surface area contributed by atoms with Gasteiger partial charge in [-0.1, -0.05) is 12.1 Å². The number of sulfonamides is 1. The second-order valence-corrected chi connectivity index (χ2v) is 6.77. The largest absolute Gasteiger partial charge is 0.357 e. The molecule has 0 unspecified atom stereocenters. The number of hydrogen-bond acceptors (Lipinski definition) is 3. The fourth-order valence-electron chi connectivity index (χ4n) is 1.86. The Labute approximate surface area is 149 Å². The maximum Gasteiger partial charge on any atom is 0.238 e. The summed E-state index contributed by atoms with van der Waals surface area (Å²) in [5, 5.41) is 11.6. The molecule has 0 spiro atoms. The predicted molar refractivity (Wildman–Crippen MR) is 98.8 cm³/mol. The molecule has 0 aliphatic heterocycles. The predicted octanol–water partition coefficient (Wildman–Crippen LogP) is 1.42. The topological polar surface area (TPSA) is 96.6 Å². The summed E-state index contributed by atoms with van der Waals surface area (Å²) in [5.41, 5.74) is 0.936. The summed E-state index contributed by atoms with van der Waals surface area (Å²) in [6, 6.07) is 6.47. The lowest BCUT2D eigenvalue weighted by molar-refractivity contribution is 0.598. The maximum atomic E-state index is 11.2. The van der Waals surface area contributed by atoms with Gasteiger partial charge in [-0.15, -0.1) is 24.0 Å². The minimum Gasteiger partial charge on any atom is -0.357 e. The van der Waals surface area contributed by atoms with Gasteiger partial charge in [0.05, 0.1) is 11.4 Å². The number of nitrogens with two attached hydrogens (primary N) is 1. The third-order valence-electron chi connectivity index (χ3n) is 3.27. The van der Waals surface area contributed by atoms with Gasteiger partial charge in [-0.2, -0.15) is 0 Å². The average Bonchev–Trinajstić information content (AvgIpc) is 3.25. The van der Waals surface area contributed by atoms with E-state index >= 15 is 0 Å². The first-order chi connectivity index (χ1) is 9.99. The lowest BCUT2D eigenvalue weighted by atomic mass is 10.2. The van der Waals surface area contributed by atoms with Crippen LogP contribution < -0.4 is 15.8 Å². The van der Waals surface area contributed by atoms with Crippen LogP contribution in [0.15, 0.2) is 34.2 Å². The van der Waals surface area contributed by atoms with Crippen LogP contribution in [0.5, 0.6) is 0 Å². The standard InChI is InChI=1S/C14H22N4O2S.HI/c1-2-16-14(17-9-11-3-4-11)18-10-12-5-7-13(8-6-12)21(15,19)20;/h5-8,11H,2-4,9-10H2,1H3,(H2,15,19,20)(H2,16,17,18);1H. The molecule has 0 bridgehead atoms. The monoisotopic (exact) mass is 438 g/mol. The first-order valence-electron chi connectivity index (χ1n) is 7.13. The van der Waals surface area contributed by atoms with Crippen molar-refractivity contribution in [3.63, 3.8) is 0 Å². The molecule has 2 rings (SSSR count). The molecule has 1 saturated carbocycles. The summed E-state index contributed by atoms with van der Waals surface area (Å²) in [7, 11) is -3.63. The summed E-state index contributed by atoms with van der Waals surface area (Å²) in [6.07, 6.45) is 2.59. The summed E-state index contributed by atoms with van der Waals surface area (Å²) in [5.74, 6) is 1.57. The molecule has 0 atom stereocenters. The van der Waals surface area contributed by atoms with Crippen molar-refractivity contribution in [2.45, 2.75) is 31.2 Å². The molecular formula is C14H23IN4O2S. The van der Waals surface area contributed by atoms with Crippen LogP contribution in [0.3, 0.4) is 0 Å². The van der Waals surface area contributed by atoms with Gasteiger partial charge in [0.1, 0.15) is 0 Å². The van der Waals surface area contributed by atoms with Crippen LogP contribution >= 0.6 is 24.0 Å². The van der Waals surface area contributed by atoms with Gasteiger partial charge in [0.2, 0.25) is 10.0 Å². The molecule has 0 aromatic heterocycles. The normalized spacial score (nSPS) is 15.1. The van der Waals surface area contributed by atoms with Crippen molar-refractivity contribution in [2.24, 2.45) is 16.0 Å². The van der Waals surface area contributed by atoms with Gasteiger partial charge in [0.25, 0.3) is 0 Å². The molecule has 1 fully saturated rings. The number of guanidine groups is 1. The molecule has 1 aliphatic rings. The Kier molecular flexibility index (Phi) is 7.57. The molecule has 4 N–H and O–H groups in total. The first-order valence-corrected chi connectivity index (χ1v) is 8.67. The summed E-state index contributed by atoms with van der Waals surface area (Å²) in [4.78, 5) is 4.61. The van der Waals surface area contributed by atoms with Crippen LogP contribution in [-0.4, -0.2) is 27.5 Å². The Morgan fingerprint density at radius 2 is 1.91 bits per heavy atom. The zero-order valence-electron chi connectivity index (χ0n) is 12.6. The van der Waals surface area contributed by atoms with Gasteiger partial charge in [-0.3, -0.25) is 0 Å². The van der Waals surface area contributed by atoms with E-state index in [-0.39, 0.29) is 28.9 Å². The zero-order valence-corrected chi connectivity index (χ0v) is 15.7. The molecule has 124 valence electrons. The van der Waals surface area contributed by atoms with E-state index in [0.29, 0.717) is 6.54 Å². The van der Waals surface area contributed by atoms with Gasteiger partial charge >= 0.3 is 0 Å². The van der Waals surface area contributed by atoms with E-state index in [1.165, 1.54) is 25.0 Å². The number of halogens is 1. The highest BCUT2D eigenvalue weighted by Gasteiger charge is 2.20. The second kappa shape index (κ2) is 8.68. The first kappa shape index (κ1) is 19.2. The van der Waals surface area contributed by atoms with Crippen LogP contribution in [-0.2, 0) is 16.6 Å². The third-order valence-corrected chi connectivity index (χ3v) is 4.20. The van der Waals surface area contributed by atoms with Crippen molar-refractivity contribution in [1.82, 2.24) is 10.6 Å². The van der Waals surface area contributed by atoms with E-state index < -0.39 is 10.0 Å². The molecule has 0 radical (unpaired) electrons. The van der Waals surface area contributed by atoms with Crippen LogP contribution in [0, 0.1) is 5.92 Å². The fourth-order valence-corrected chi connectivity index (χ4v) is 2.38. The molecule has 1 aromatic carbocycles. The van der Waals surface area contributed by atoms with Gasteiger partial charge in [0, 0.05) is 13.1 Å². The second-order valence-electron chi connectivity index (χ2n) is 5.21. The quantitative estimate of drug-likeness (QED) is 0.356. The Morgan fingerprint density at radius 3 is 2.41 bits per heavy atom. The lowest BCUT2D eigenvalue weighted by Gasteiger charge is -2.10. The highest BCUT2D eigenvalue weighted by Crippen LogP contribution is 2.27.